The van der Waals surface area contributed by atoms with Crippen molar-refractivity contribution in [2.24, 2.45) is 5.73 Å². The van der Waals surface area contributed by atoms with Crippen LogP contribution >= 0.6 is 0 Å². The zero-order valence-electron chi connectivity index (χ0n) is 11.4. The van der Waals surface area contributed by atoms with E-state index in [0.29, 0.717) is 0 Å². The Balaban J connectivity index is 2.27. The topological polar surface area (TPSA) is 100 Å². The Morgan fingerprint density at radius 2 is 1.61 bits per heavy atom. The van der Waals surface area contributed by atoms with Crippen LogP contribution in [0.4, 0.5) is 4.79 Å². The number of guanidine groups is 1. The van der Waals surface area contributed by atoms with E-state index in [9.17, 15) is 4.79 Å². The summed E-state index contributed by atoms with van der Waals surface area (Å²) in [5, 5.41) is 13.0. The molecule has 0 bridgehead atoms. The van der Waals surface area contributed by atoms with E-state index in [2.05, 4.69) is 10.6 Å². The summed E-state index contributed by atoms with van der Waals surface area (Å²) in [5.74, 6) is 0.0125. The summed E-state index contributed by atoms with van der Waals surface area (Å²) in [4.78, 5) is 11.6. The van der Waals surface area contributed by atoms with Crippen LogP contribution in [0.1, 0.15) is 46.5 Å². The van der Waals surface area contributed by atoms with E-state index in [1.54, 1.807) is 0 Å². The van der Waals surface area contributed by atoms with Crippen LogP contribution in [0.3, 0.4) is 0 Å². The minimum atomic E-state index is -0.461. The lowest BCUT2D eigenvalue weighted by molar-refractivity contribution is 0.0490. The van der Waals surface area contributed by atoms with Gasteiger partial charge in [-0.25, -0.2) is 4.79 Å². The highest BCUT2D eigenvalue weighted by Crippen LogP contribution is 2.19. The van der Waals surface area contributed by atoms with Gasteiger partial charge >= 0.3 is 6.09 Å². The van der Waals surface area contributed by atoms with Gasteiger partial charge in [-0.15, -0.1) is 0 Å². The fourth-order valence-electron chi connectivity index (χ4n) is 2.08. The van der Waals surface area contributed by atoms with Crippen molar-refractivity contribution in [2.45, 2.75) is 64.1 Å². The third kappa shape index (κ3) is 5.75. The maximum absolute atomic E-state index is 11.6. The van der Waals surface area contributed by atoms with Crippen LogP contribution < -0.4 is 16.4 Å². The van der Waals surface area contributed by atoms with E-state index in [0.717, 1.165) is 25.7 Å². The first-order chi connectivity index (χ1) is 8.26. The van der Waals surface area contributed by atoms with Crippen molar-refractivity contribution < 1.29 is 9.53 Å². The molecule has 1 saturated carbocycles. The maximum atomic E-state index is 11.6. The van der Waals surface area contributed by atoms with Crippen LogP contribution in [0, 0.1) is 5.41 Å². The summed E-state index contributed by atoms with van der Waals surface area (Å²) < 4.78 is 5.21. The molecule has 1 amide bonds. The van der Waals surface area contributed by atoms with Gasteiger partial charge < -0.3 is 21.1 Å². The Hall–Kier alpha value is -1.46. The van der Waals surface area contributed by atoms with E-state index >= 15 is 0 Å². The molecule has 1 aliphatic rings. The molecule has 0 aromatic rings. The summed E-state index contributed by atoms with van der Waals surface area (Å²) >= 11 is 0. The highest BCUT2D eigenvalue weighted by Gasteiger charge is 2.24. The van der Waals surface area contributed by atoms with E-state index in [1.165, 1.54) is 0 Å². The molecule has 1 fully saturated rings. The second-order valence-electron chi connectivity index (χ2n) is 5.75. The fraction of sp³-hybridized carbons (Fsp3) is 0.833. The first kappa shape index (κ1) is 14.6. The first-order valence-corrected chi connectivity index (χ1v) is 6.36. The highest BCUT2D eigenvalue weighted by molar-refractivity contribution is 5.74. The fourth-order valence-corrected chi connectivity index (χ4v) is 2.08. The summed E-state index contributed by atoms with van der Waals surface area (Å²) in [6, 6.07) is 0.407. The molecular formula is C12H24N4O2. The Kier molecular flexibility index (Phi) is 4.81. The van der Waals surface area contributed by atoms with Crippen molar-refractivity contribution in [3.63, 3.8) is 0 Å². The average Bonchev–Trinajstić information content (AvgIpc) is 2.17. The number of hydrogen-bond donors (Lipinski definition) is 4. The smallest absolute Gasteiger partial charge is 0.407 e. The molecule has 6 nitrogen and oxygen atoms in total. The summed E-state index contributed by atoms with van der Waals surface area (Å²) in [6.07, 6.45) is 3.21. The molecule has 6 heteroatoms. The van der Waals surface area contributed by atoms with E-state index in [1.807, 2.05) is 20.8 Å². The molecule has 0 atom stereocenters. The predicted octanol–water partition coefficient (Wildman–Crippen LogP) is 1.31. The number of carbonyl (C=O) groups excluding carboxylic acids is 1. The van der Waals surface area contributed by atoms with Gasteiger partial charge in [0.15, 0.2) is 5.96 Å². The third-order valence-corrected chi connectivity index (χ3v) is 2.81. The molecule has 104 valence electrons. The number of nitrogens with one attached hydrogen (secondary N) is 3. The quantitative estimate of drug-likeness (QED) is 0.442. The van der Waals surface area contributed by atoms with Crippen molar-refractivity contribution >= 4 is 12.1 Å². The van der Waals surface area contributed by atoms with E-state index in [4.69, 9.17) is 15.9 Å². The van der Waals surface area contributed by atoms with Crippen molar-refractivity contribution in [3.05, 3.63) is 0 Å². The zero-order chi connectivity index (χ0) is 13.8. The van der Waals surface area contributed by atoms with Gasteiger partial charge in [0.05, 0.1) is 0 Å². The lowest BCUT2D eigenvalue weighted by atomic mass is 9.91. The Bertz CT molecular complexity index is 304. The average molecular weight is 256 g/mol. The molecule has 0 unspecified atom stereocenters. The number of amides is 1. The monoisotopic (exact) mass is 256 g/mol. The van der Waals surface area contributed by atoms with Gasteiger partial charge in [0, 0.05) is 12.1 Å². The number of ether oxygens (including phenoxy) is 1. The minimum absolute atomic E-state index is 0.0125. The molecule has 0 heterocycles. The van der Waals surface area contributed by atoms with Crippen LogP contribution in [0.15, 0.2) is 0 Å². The number of hydrogen-bond acceptors (Lipinski definition) is 3. The van der Waals surface area contributed by atoms with Crippen molar-refractivity contribution in [2.75, 3.05) is 0 Å². The Morgan fingerprint density at radius 3 is 2.00 bits per heavy atom. The van der Waals surface area contributed by atoms with Gasteiger partial charge in [0.1, 0.15) is 5.60 Å². The lowest BCUT2D eigenvalue weighted by Crippen LogP contribution is -2.46. The number of rotatable bonds is 2. The van der Waals surface area contributed by atoms with Gasteiger partial charge in [0.25, 0.3) is 0 Å². The second-order valence-corrected chi connectivity index (χ2v) is 5.75. The molecule has 0 spiro atoms. The highest BCUT2D eigenvalue weighted by atomic mass is 16.6. The lowest BCUT2D eigenvalue weighted by Gasteiger charge is -2.30. The Labute approximate surface area is 108 Å². The molecule has 0 aliphatic heterocycles. The van der Waals surface area contributed by atoms with E-state index < -0.39 is 5.60 Å². The van der Waals surface area contributed by atoms with Crippen molar-refractivity contribution in [3.8, 4) is 0 Å². The molecule has 0 saturated heterocycles. The van der Waals surface area contributed by atoms with Gasteiger partial charge in [-0.3, -0.25) is 5.41 Å². The van der Waals surface area contributed by atoms with Crippen LogP contribution in [0.2, 0.25) is 0 Å². The minimum Gasteiger partial charge on any atom is -0.444 e. The van der Waals surface area contributed by atoms with Gasteiger partial charge in [-0.2, -0.15) is 0 Å². The third-order valence-electron chi connectivity index (χ3n) is 2.81. The van der Waals surface area contributed by atoms with Crippen LogP contribution in [0.5, 0.6) is 0 Å². The number of nitrogens with two attached hydrogens (primary N) is 1. The van der Waals surface area contributed by atoms with Crippen LogP contribution in [-0.4, -0.2) is 29.7 Å². The van der Waals surface area contributed by atoms with Crippen molar-refractivity contribution in [1.29, 1.82) is 5.41 Å². The van der Waals surface area contributed by atoms with Crippen LogP contribution in [-0.2, 0) is 4.74 Å². The summed E-state index contributed by atoms with van der Waals surface area (Å²) in [5.41, 5.74) is 4.83. The Morgan fingerprint density at radius 1 is 1.17 bits per heavy atom. The molecular weight excluding hydrogens is 232 g/mol. The van der Waals surface area contributed by atoms with Crippen LogP contribution in [0.25, 0.3) is 0 Å². The molecule has 0 radical (unpaired) electrons. The standard InChI is InChI=1S/C12H24N4O2/c1-12(2,3)18-11(17)16-9-6-4-8(5-7-9)15-10(13)14/h8-9H,4-7H2,1-3H3,(H,16,17)(H4,13,14,15)/t8-,9-. The SMILES string of the molecule is CC(C)(C)OC(=O)N[C@H]1CC[C@H](NC(=N)N)CC1. The summed E-state index contributed by atoms with van der Waals surface area (Å²) in [7, 11) is 0. The number of alkyl carbamates (subject to hydrolysis) is 1. The summed E-state index contributed by atoms with van der Waals surface area (Å²) in [6.45, 7) is 5.54. The van der Waals surface area contributed by atoms with Gasteiger partial charge in [-0.1, -0.05) is 0 Å². The maximum Gasteiger partial charge on any atom is 0.407 e. The second kappa shape index (κ2) is 5.93. The molecule has 0 aromatic carbocycles. The zero-order valence-corrected chi connectivity index (χ0v) is 11.4. The molecule has 1 aliphatic carbocycles. The number of carbonyl (C=O) groups is 1. The molecule has 0 aromatic heterocycles. The van der Waals surface area contributed by atoms with Gasteiger partial charge in [0.2, 0.25) is 0 Å². The largest absolute Gasteiger partial charge is 0.444 e. The van der Waals surface area contributed by atoms with Crippen molar-refractivity contribution in [1.82, 2.24) is 10.6 Å². The molecule has 1 rings (SSSR count). The predicted molar refractivity (Wildman–Crippen MR) is 70.5 cm³/mol. The van der Waals surface area contributed by atoms with Gasteiger partial charge in [-0.05, 0) is 46.5 Å². The van der Waals surface area contributed by atoms with E-state index in [-0.39, 0.29) is 24.1 Å². The first-order valence-electron chi connectivity index (χ1n) is 6.36. The normalized spacial score (nSPS) is 24.2. The molecule has 18 heavy (non-hydrogen) atoms. The molecule has 5 N–H and O–H groups in total.